The van der Waals surface area contributed by atoms with E-state index in [-0.39, 0.29) is 5.82 Å². The zero-order chi connectivity index (χ0) is 29.9. The number of phenols is 1. The fourth-order valence-corrected chi connectivity index (χ4v) is 5.68. The molecule has 2 aliphatic rings. The molecule has 0 spiro atoms. The molecule has 42 heavy (non-hydrogen) atoms. The minimum atomic E-state index is -0.312. The lowest BCUT2D eigenvalue weighted by Gasteiger charge is -2.29. The molecule has 6 nitrogen and oxygen atoms in total. The molecule has 1 saturated heterocycles. The summed E-state index contributed by atoms with van der Waals surface area (Å²) >= 11 is 0. The average Bonchev–Trinajstić information content (AvgIpc) is 3.01. The van der Waals surface area contributed by atoms with Gasteiger partial charge in [-0.3, -0.25) is 4.90 Å². The molecule has 228 valence electrons. The monoisotopic (exact) mass is 578 g/mol. The third-order valence-corrected chi connectivity index (χ3v) is 8.36. The van der Waals surface area contributed by atoms with Crippen LogP contribution in [0.4, 0.5) is 10.1 Å². The van der Waals surface area contributed by atoms with Gasteiger partial charge in [-0.05, 0) is 118 Å². The summed E-state index contributed by atoms with van der Waals surface area (Å²) < 4.78 is 31.1. The summed E-state index contributed by atoms with van der Waals surface area (Å²) in [5, 5.41) is 9.19. The summed E-state index contributed by atoms with van der Waals surface area (Å²) in [4.78, 5) is 4.56. The molecule has 0 amide bonds. The summed E-state index contributed by atoms with van der Waals surface area (Å²) in [6, 6.07) is 16.8. The number of methoxy groups -OCH3 is 2. The van der Waals surface area contributed by atoms with Gasteiger partial charge in [0.25, 0.3) is 0 Å². The van der Waals surface area contributed by atoms with Crippen LogP contribution in [0.5, 0.6) is 23.0 Å². The Bertz CT molecular complexity index is 1280. The minimum absolute atomic E-state index is 0.312. The highest BCUT2D eigenvalue weighted by molar-refractivity contribution is 5.56. The van der Waals surface area contributed by atoms with Gasteiger partial charge in [-0.1, -0.05) is 19.1 Å². The normalized spacial score (nSPS) is 15.3. The van der Waals surface area contributed by atoms with Crippen LogP contribution in [0.25, 0.3) is 0 Å². The first-order chi connectivity index (χ1) is 20.4. The molecular weight excluding hydrogens is 531 g/mol. The maximum absolute atomic E-state index is 14.6. The zero-order valence-corrected chi connectivity index (χ0v) is 25.7. The van der Waals surface area contributed by atoms with Gasteiger partial charge in [-0.25, -0.2) is 4.39 Å². The number of likely N-dealkylation sites (tertiary alicyclic amines) is 1. The smallest absolute Gasteiger partial charge is 0.165 e. The number of anilines is 1. The zero-order valence-electron chi connectivity index (χ0n) is 25.7. The van der Waals surface area contributed by atoms with Crippen LogP contribution in [0.2, 0.25) is 0 Å². The minimum Gasteiger partial charge on any atom is -0.508 e. The highest BCUT2D eigenvalue weighted by Crippen LogP contribution is 2.32. The van der Waals surface area contributed by atoms with E-state index in [4.69, 9.17) is 14.2 Å². The topological polar surface area (TPSA) is 54.4 Å². The molecule has 5 rings (SSSR count). The molecular formula is C35H47FN2O4. The van der Waals surface area contributed by atoms with Gasteiger partial charge in [-0.2, -0.15) is 0 Å². The van der Waals surface area contributed by atoms with E-state index in [0.29, 0.717) is 36.1 Å². The molecule has 0 atom stereocenters. The Balaban J connectivity index is 0.000000305. The molecule has 0 unspecified atom stereocenters. The van der Waals surface area contributed by atoms with Crippen LogP contribution < -0.4 is 19.1 Å². The van der Waals surface area contributed by atoms with E-state index >= 15 is 0 Å². The van der Waals surface area contributed by atoms with Crippen LogP contribution in [0.1, 0.15) is 56.2 Å². The van der Waals surface area contributed by atoms with Crippen molar-refractivity contribution in [2.24, 2.45) is 5.92 Å². The van der Waals surface area contributed by atoms with Crippen LogP contribution >= 0.6 is 0 Å². The van der Waals surface area contributed by atoms with Crippen molar-refractivity contribution in [2.75, 3.05) is 51.9 Å². The lowest BCUT2D eigenvalue weighted by molar-refractivity contribution is 0.158. The number of aryl methyl sites for hydroxylation is 2. The molecule has 1 aliphatic heterocycles. The van der Waals surface area contributed by atoms with Gasteiger partial charge in [-0.15, -0.1) is 0 Å². The number of hydrogen-bond donors (Lipinski definition) is 1. The molecule has 1 heterocycles. The average molecular weight is 579 g/mol. The van der Waals surface area contributed by atoms with E-state index in [1.165, 1.54) is 43.2 Å². The molecule has 3 aromatic carbocycles. The second-order valence-electron chi connectivity index (χ2n) is 11.4. The summed E-state index contributed by atoms with van der Waals surface area (Å²) in [6.45, 7) is 9.32. The van der Waals surface area contributed by atoms with E-state index in [1.807, 2.05) is 36.4 Å². The number of fused-ring (bicyclic) bond motifs is 1. The number of aromatic hydroxyl groups is 1. The van der Waals surface area contributed by atoms with Crippen molar-refractivity contribution in [1.29, 1.82) is 0 Å². The number of benzene rings is 3. The quantitative estimate of drug-likeness (QED) is 0.274. The van der Waals surface area contributed by atoms with Crippen molar-refractivity contribution in [3.05, 3.63) is 77.1 Å². The molecule has 0 aromatic heterocycles. The van der Waals surface area contributed by atoms with E-state index in [9.17, 15) is 9.50 Å². The number of ether oxygens (including phenoxy) is 3. The molecule has 0 saturated carbocycles. The Morgan fingerprint density at radius 2 is 1.60 bits per heavy atom. The van der Waals surface area contributed by atoms with Crippen LogP contribution in [-0.4, -0.2) is 57.0 Å². The van der Waals surface area contributed by atoms with Crippen LogP contribution in [0.3, 0.4) is 0 Å². The van der Waals surface area contributed by atoms with Crippen molar-refractivity contribution < 1.29 is 23.7 Å². The number of piperidine rings is 1. The maximum atomic E-state index is 14.6. The number of hydrogen-bond acceptors (Lipinski definition) is 6. The standard InChI is InChI=1S/C25H35FN2O3.C10H12O/c1-5-28(21-7-9-24(29-3)25(17-21)30-4)18-20-6-8-23(22(26)16-20)31-15-14-27-12-10-19(2)11-13-27;11-10-6-5-8-3-1-2-4-9(8)7-10/h6-9,16-17,19H,5,10-15,18H2,1-4H3;5-7,11H,1-4H2. The van der Waals surface area contributed by atoms with Crippen molar-refractivity contribution in [2.45, 2.75) is 58.9 Å². The van der Waals surface area contributed by atoms with Crippen molar-refractivity contribution >= 4 is 5.69 Å². The van der Waals surface area contributed by atoms with Gasteiger partial charge in [0.2, 0.25) is 0 Å². The predicted molar refractivity (Wildman–Crippen MR) is 168 cm³/mol. The first-order valence-electron chi connectivity index (χ1n) is 15.3. The summed E-state index contributed by atoms with van der Waals surface area (Å²) in [7, 11) is 3.24. The van der Waals surface area contributed by atoms with Crippen molar-refractivity contribution in [1.82, 2.24) is 4.90 Å². The van der Waals surface area contributed by atoms with E-state index in [0.717, 1.165) is 49.8 Å². The fraction of sp³-hybridized carbons (Fsp3) is 0.486. The lowest BCUT2D eigenvalue weighted by atomic mass is 9.92. The van der Waals surface area contributed by atoms with Gasteiger partial charge in [0.05, 0.1) is 14.2 Å². The number of phenolic OH excluding ortho intramolecular Hbond substituents is 1. The number of halogens is 1. The Morgan fingerprint density at radius 3 is 2.29 bits per heavy atom. The first-order valence-corrected chi connectivity index (χ1v) is 15.3. The lowest BCUT2D eigenvalue weighted by Crippen LogP contribution is -2.35. The van der Waals surface area contributed by atoms with Gasteiger partial charge < -0.3 is 24.2 Å². The molecule has 0 radical (unpaired) electrons. The number of nitrogens with zero attached hydrogens (tertiary/aromatic N) is 2. The molecule has 1 aliphatic carbocycles. The highest BCUT2D eigenvalue weighted by atomic mass is 19.1. The second-order valence-corrected chi connectivity index (χ2v) is 11.4. The molecule has 0 bridgehead atoms. The Labute approximate surface area is 251 Å². The third-order valence-electron chi connectivity index (χ3n) is 8.36. The summed E-state index contributed by atoms with van der Waals surface area (Å²) in [5.41, 5.74) is 4.66. The molecule has 1 fully saturated rings. The second kappa shape index (κ2) is 15.7. The summed E-state index contributed by atoms with van der Waals surface area (Å²) in [6.07, 6.45) is 7.38. The van der Waals surface area contributed by atoms with E-state index < -0.39 is 0 Å². The summed E-state index contributed by atoms with van der Waals surface area (Å²) in [5.74, 6) is 2.59. The van der Waals surface area contributed by atoms with Gasteiger partial charge in [0, 0.05) is 31.4 Å². The largest absolute Gasteiger partial charge is 0.508 e. The van der Waals surface area contributed by atoms with Gasteiger partial charge >= 0.3 is 0 Å². The highest BCUT2D eigenvalue weighted by Gasteiger charge is 2.16. The first kappa shape index (κ1) is 31.5. The third kappa shape index (κ3) is 8.78. The number of rotatable bonds is 10. The maximum Gasteiger partial charge on any atom is 0.165 e. The Kier molecular flexibility index (Phi) is 11.8. The van der Waals surface area contributed by atoms with E-state index in [1.54, 1.807) is 32.4 Å². The van der Waals surface area contributed by atoms with Gasteiger partial charge in [0.15, 0.2) is 23.1 Å². The van der Waals surface area contributed by atoms with Crippen LogP contribution in [0.15, 0.2) is 54.6 Å². The van der Waals surface area contributed by atoms with Crippen molar-refractivity contribution in [3.8, 4) is 23.0 Å². The molecule has 7 heteroatoms. The predicted octanol–water partition coefficient (Wildman–Crippen LogP) is 7.25. The Morgan fingerprint density at radius 1 is 0.881 bits per heavy atom. The Hall–Kier alpha value is -3.45. The van der Waals surface area contributed by atoms with Crippen LogP contribution in [-0.2, 0) is 19.4 Å². The molecule has 1 N–H and O–H groups in total. The van der Waals surface area contributed by atoms with Crippen LogP contribution in [0, 0.1) is 11.7 Å². The SMILES string of the molecule is CCN(Cc1ccc(OCCN2CCC(C)CC2)c(F)c1)c1ccc(OC)c(OC)c1.Oc1ccc2c(c1)CCCC2. The van der Waals surface area contributed by atoms with Gasteiger partial charge in [0.1, 0.15) is 12.4 Å². The fourth-order valence-electron chi connectivity index (χ4n) is 5.68. The van der Waals surface area contributed by atoms with E-state index in [2.05, 4.69) is 23.6 Å². The van der Waals surface area contributed by atoms with Crippen molar-refractivity contribution in [3.63, 3.8) is 0 Å². The molecule has 3 aromatic rings.